The molecule has 6 heteroatoms. The summed E-state index contributed by atoms with van der Waals surface area (Å²) in [4.78, 5) is 13.5. The van der Waals surface area contributed by atoms with Gasteiger partial charge in [0.2, 0.25) is 0 Å². The van der Waals surface area contributed by atoms with E-state index in [-0.39, 0.29) is 5.56 Å². The summed E-state index contributed by atoms with van der Waals surface area (Å²) < 4.78 is 13.3. The summed E-state index contributed by atoms with van der Waals surface area (Å²) >= 11 is 0. The Balaban J connectivity index is 3.07. The summed E-state index contributed by atoms with van der Waals surface area (Å²) in [5, 5.41) is 8.79. The number of rotatable bonds is 3. The van der Waals surface area contributed by atoms with Crippen molar-refractivity contribution in [1.82, 2.24) is 4.98 Å². The highest BCUT2D eigenvalue weighted by molar-refractivity contribution is 7.85. The normalized spacial score (nSPS) is 12.5. The molecule has 13 heavy (non-hydrogen) atoms. The number of aromatic carboxylic acids is 1. The summed E-state index contributed by atoms with van der Waals surface area (Å²) in [5.74, 6) is -1.04. The lowest BCUT2D eigenvalue weighted by molar-refractivity contribution is 0.0697. The molecule has 0 saturated heterocycles. The van der Waals surface area contributed by atoms with Crippen LogP contribution in [0.5, 0.6) is 0 Å². The predicted octanol–water partition coefficient (Wildman–Crippen LogP) is 0.727. The second-order valence-corrected chi connectivity index (χ2v) is 3.68. The summed E-state index contributed by atoms with van der Waals surface area (Å²) in [5.41, 5.74) is 1.03. The minimum atomic E-state index is -1.26. The molecule has 1 unspecified atom stereocenters. The highest BCUT2D eigenvalue weighted by Crippen LogP contribution is 2.18. The van der Waals surface area contributed by atoms with Crippen molar-refractivity contribution >= 4 is 22.6 Å². The highest BCUT2D eigenvalue weighted by atomic mass is 32.2. The first kappa shape index (κ1) is 9.79. The molecule has 72 valence electrons. The van der Waals surface area contributed by atoms with Gasteiger partial charge < -0.3 is 14.8 Å². The van der Waals surface area contributed by atoms with Crippen molar-refractivity contribution in [2.24, 2.45) is 0 Å². The Morgan fingerprint density at radius 2 is 2.31 bits per heavy atom. The molecule has 1 aromatic rings. The third kappa shape index (κ3) is 2.09. The molecule has 0 radical (unpaired) electrons. The molecule has 0 aromatic carbocycles. The molecule has 1 atom stereocenters. The summed E-state index contributed by atoms with van der Waals surface area (Å²) in [6.45, 7) is 1.65. The van der Waals surface area contributed by atoms with Gasteiger partial charge >= 0.3 is 5.97 Å². The van der Waals surface area contributed by atoms with E-state index in [4.69, 9.17) is 5.11 Å². The molecule has 0 bridgehead atoms. The SMILES string of the molecule is Cc1[nH]cc(NS(C)=O)c1C(=O)O. The van der Waals surface area contributed by atoms with Crippen molar-refractivity contribution in [1.29, 1.82) is 0 Å². The number of aromatic amines is 1. The Hall–Kier alpha value is -1.30. The first-order valence-electron chi connectivity index (χ1n) is 3.53. The van der Waals surface area contributed by atoms with Crippen molar-refractivity contribution in [2.45, 2.75) is 6.92 Å². The first-order chi connectivity index (χ1) is 6.02. The van der Waals surface area contributed by atoms with Gasteiger partial charge in [-0.15, -0.1) is 0 Å². The van der Waals surface area contributed by atoms with Crippen LogP contribution < -0.4 is 4.72 Å². The second kappa shape index (κ2) is 3.61. The van der Waals surface area contributed by atoms with E-state index in [0.29, 0.717) is 11.4 Å². The number of carboxylic acid groups (broad SMARTS) is 1. The summed E-state index contributed by atoms with van der Waals surface area (Å²) in [6, 6.07) is 0. The van der Waals surface area contributed by atoms with E-state index in [1.807, 2.05) is 0 Å². The van der Waals surface area contributed by atoms with Crippen LogP contribution in [0.15, 0.2) is 6.20 Å². The average molecular weight is 202 g/mol. The van der Waals surface area contributed by atoms with Crippen LogP contribution >= 0.6 is 0 Å². The van der Waals surface area contributed by atoms with Crippen molar-refractivity contribution < 1.29 is 14.1 Å². The van der Waals surface area contributed by atoms with Crippen LogP contribution in [0.1, 0.15) is 16.1 Å². The largest absolute Gasteiger partial charge is 0.478 e. The Bertz CT molecular complexity index is 359. The van der Waals surface area contributed by atoms with Crippen molar-refractivity contribution in [3.63, 3.8) is 0 Å². The van der Waals surface area contributed by atoms with E-state index in [0.717, 1.165) is 0 Å². The lowest BCUT2D eigenvalue weighted by atomic mass is 10.2. The summed E-state index contributed by atoms with van der Waals surface area (Å²) in [7, 11) is -1.26. The van der Waals surface area contributed by atoms with Crippen molar-refractivity contribution in [2.75, 3.05) is 11.0 Å². The predicted molar refractivity (Wildman–Crippen MR) is 50.2 cm³/mol. The topological polar surface area (TPSA) is 82.2 Å². The molecule has 5 nitrogen and oxygen atoms in total. The number of carboxylic acids is 1. The van der Waals surface area contributed by atoms with Crippen LogP contribution in [0.4, 0.5) is 5.69 Å². The zero-order valence-corrected chi connectivity index (χ0v) is 8.07. The molecule has 0 spiro atoms. The van der Waals surface area contributed by atoms with Crippen LogP contribution in [0.2, 0.25) is 0 Å². The maximum absolute atomic E-state index is 10.8. The Labute approximate surface area is 77.8 Å². The van der Waals surface area contributed by atoms with E-state index >= 15 is 0 Å². The van der Waals surface area contributed by atoms with Crippen LogP contribution in [0, 0.1) is 6.92 Å². The number of carbonyl (C=O) groups is 1. The average Bonchev–Trinajstić information content (AvgIpc) is 2.30. The minimum Gasteiger partial charge on any atom is -0.478 e. The zero-order chi connectivity index (χ0) is 10.0. The molecule has 0 saturated carbocycles. The number of nitrogens with one attached hydrogen (secondary N) is 2. The fourth-order valence-electron chi connectivity index (χ4n) is 1.04. The lowest BCUT2D eigenvalue weighted by Gasteiger charge is -2.00. The maximum atomic E-state index is 10.8. The van der Waals surface area contributed by atoms with Crippen molar-refractivity contribution in [3.8, 4) is 0 Å². The van der Waals surface area contributed by atoms with E-state index in [1.165, 1.54) is 12.5 Å². The fraction of sp³-hybridized carbons (Fsp3) is 0.286. The molecule has 0 aliphatic rings. The van der Waals surface area contributed by atoms with Crippen LogP contribution in [0.3, 0.4) is 0 Å². The quantitative estimate of drug-likeness (QED) is 0.675. The number of hydrogen-bond acceptors (Lipinski definition) is 2. The first-order valence-corrected chi connectivity index (χ1v) is 5.09. The number of H-pyrrole nitrogens is 1. The zero-order valence-electron chi connectivity index (χ0n) is 7.25. The monoisotopic (exact) mass is 202 g/mol. The van der Waals surface area contributed by atoms with Gasteiger partial charge in [-0.05, 0) is 6.92 Å². The molecule has 0 aliphatic carbocycles. The number of anilines is 1. The molecule has 3 N–H and O–H groups in total. The van der Waals surface area contributed by atoms with Gasteiger partial charge in [0.1, 0.15) is 16.5 Å². The molecular formula is C7H10N2O3S. The Kier molecular flexibility index (Phi) is 2.72. The summed E-state index contributed by atoms with van der Waals surface area (Å²) in [6.07, 6.45) is 2.92. The second-order valence-electron chi connectivity index (χ2n) is 2.56. The maximum Gasteiger partial charge on any atom is 0.339 e. The van der Waals surface area contributed by atoms with E-state index < -0.39 is 17.0 Å². The van der Waals surface area contributed by atoms with Gasteiger partial charge in [-0.1, -0.05) is 0 Å². The molecule has 0 aliphatic heterocycles. The van der Waals surface area contributed by atoms with E-state index in [9.17, 15) is 9.00 Å². The molecule has 1 heterocycles. The van der Waals surface area contributed by atoms with Gasteiger partial charge in [-0.2, -0.15) is 0 Å². The van der Waals surface area contributed by atoms with Gasteiger partial charge in [-0.25, -0.2) is 9.00 Å². The smallest absolute Gasteiger partial charge is 0.339 e. The number of aryl methyl sites for hydroxylation is 1. The van der Waals surface area contributed by atoms with Gasteiger partial charge in [-0.3, -0.25) is 0 Å². The molecule has 0 amide bonds. The molecule has 0 fully saturated rings. The third-order valence-corrected chi connectivity index (χ3v) is 2.05. The highest BCUT2D eigenvalue weighted by Gasteiger charge is 2.15. The van der Waals surface area contributed by atoms with E-state index in [2.05, 4.69) is 9.71 Å². The fourth-order valence-corrected chi connectivity index (χ4v) is 1.51. The number of aromatic nitrogens is 1. The Morgan fingerprint density at radius 3 is 2.77 bits per heavy atom. The minimum absolute atomic E-state index is 0.134. The standard InChI is InChI=1S/C7H10N2O3S/c1-4-6(7(10)11)5(3-8-4)9-13(2)12/h3,8-9H,1-2H3,(H,10,11). The van der Waals surface area contributed by atoms with Crippen LogP contribution in [-0.4, -0.2) is 26.5 Å². The van der Waals surface area contributed by atoms with Gasteiger partial charge in [0.25, 0.3) is 0 Å². The van der Waals surface area contributed by atoms with Gasteiger partial charge in [0.05, 0.1) is 5.69 Å². The molecule has 1 rings (SSSR count). The molecule has 1 aromatic heterocycles. The van der Waals surface area contributed by atoms with Crippen molar-refractivity contribution in [3.05, 3.63) is 17.5 Å². The van der Waals surface area contributed by atoms with E-state index in [1.54, 1.807) is 6.92 Å². The van der Waals surface area contributed by atoms with Crippen LogP contribution in [-0.2, 0) is 11.0 Å². The van der Waals surface area contributed by atoms with Gasteiger partial charge in [0.15, 0.2) is 0 Å². The molecular weight excluding hydrogens is 192 g/mol. The Morgan fingerprint density at radius 1 is 1.69 bits per heavy atom. The third-order valence-electron chi connectivity index (χ3n) is 1.54. The van der Waals surface area contributed by atoms with Gasteiger partial charge in [0, 0.05) is 18.1 Å². The van der Waals surface area contributed by atoms with Crippen LogP contribution in [0.25, 0.3) is 0 Å². The lowest BCUT2D eigenvalue weighted by Crippen LogP contribution is -2.06. The number of hydrogen-bond donors (Lipinski definition) is 3.